The van der Waals surface area contributed by atoms with Gasteiger partial charge in [-0.2, -0.15) is 0 Å². The Balaban J connectivity index is 1.64. The first-order valence-corrected chi connectivity index (χ1v) is 7.96. The number of nitrogens with zero attached hydrogens (tertiary/aromatic N) is 3. The number of likely N-dealkylation sites (tertiary alicyclic amines) is 1. The van der Waals surface area contributed by atoms with Crippen LogP contribution in [0.25, 0.3) is 11.8 Å². The maximum atomic E-state index is 12.3. The molecule has 1 saturated heterocycles. The summed E-state index contributed by atoms with van der Waals surface area (Å²) in [5.41, 5.74) is 7.99. The molecule has 3 rings (SSSR count). The molecule has 1 aliphatic heterocycles. The van der Waals surface area contributed by atoms with E-state index in [1.165, 1.54) is 0 Å². The Labute approximate surface area is 136 Å². The van der Waals surface area contributed by atoms with Gasteiger partial charge in [-0.05, 0) is 43.5 Å². The average molecular weight is 310 g/mol. The second-order valence-corrected chi connectivity index (χ2v) is 6.06. The summed E-state index contributed by atoms with van der Waals surface area (Å²) >= 11 is 0. The normalized spacial score (nSPS) is 21.7. The van der Waals surface area contributed by atoms with E-state index in [1.54, 1.807) is 18.6 Å². The number of hydrogen-bond acceptors (Lipinski definition) is 3. The molecule has 1 fully saturated rings. The van der Waals surface area contributed by atoms with Crippen molar-refractivity contribution < 1.29 is 4.79 Å². The number of piperidine rings is 1. The first-order chi connectivity index (χ1) is 11.1. The summed E-state index contributed by atoms with van der Waals surface area (Å²) in [4.78, 5) is 18.3. The first kappa shape index (κ1) is 15.5. The largest absolute Gasteiger partial charge is 0.336 e. The van der Waals surface area contributed by atoms with Crippen molar-refractivity contribution >= 4 is 12.0 Å². The van der Waals surface area contributed by atoms with E-state index in [0.717, 1.165) is 30.6 Å². The molecule has 2 N–H and O–H groups in total. The second kappa shape index (κ2) is 6.79. The third kappa shape index (κ3) is 3.68. The van der Waals surface area contributed by atoms with Crippen LogP contribution in [0.1, 0.15) is 25.3 Å². The fraction of sp³-hybridized carbons (Fsp3) is 0.333. The van der Waals surface area contributed by atoms with E-state index in [0.29, 0.717) is 0 Å². The van der Waals surface area contributed by atoms with Crippen molar-refractivity contribution in [3.05, 3.63) is 54.6 Å². The first-order valence-electron chi connectivity index (χ1n) is 7.96. The van der Waals surface area contributed by atoms with E-state index < -0.39 is 0 Å². The van der Waals surface area contributed by atoms with Gasteiger partial charge in [0.25, 0.3) is 0 Å². The van der Waals surface area contributed by atoms with E-state index in [2.05, 4.69) is 11.9 Å². The fourth-order valence-electron chi connectivity index (χ4n) is 2.97. The molecule has 2 atom stereocenters. The lowest BCUT2D eigenvalue weighted by Gasteiger charge is -2.35. The zero-order valence-electron chi connectivity index (χ0n) is 13.3. The van der Waals surface area contributed by atoms with Crippen molar-refractivity contribution in [3.8, 4) is 5.69 Å². The van der Waals surface area contributed by atoms with Gasteiger partial charge in [0.2, 0.25) is 5.91 Å². The molecule has 1 amide bonds. The highest BCUT2D eigenvalue weighted by Gasteiger charge is 2.25. The molecular formula is C18H22N4O. The number of amides is 1. The van der Waals surface area contributed by atoms with Gasteiger partial charge >= 0.3 is 0 Å². The van der Waals surface area contributed by atoms with Crippen LogP contribution >= 0.6 is 0 Å². The topological polar surface area (TPSA) is 64.2 Å². The Morgan fingerprint density at radius 3 is 2.78 bits per heavy atom. The highest BCUT2D eigenvalue weighted by molar-refractivity contribution is 5.92. The monoisotopic (exact) mass is 310 g/mol. The summed E-state index contributed by atoms with van der Waals surface area (Å²) in [6.07, 6.45) is 10.7. The minimum Gasteiger partial charge on any atom is -0.336 e. The van der Waals surface area contributed by atoms with Gasteiger partial charge in [0.05, 0.1) is 6.33 Å². The molecule has 1 aromatic heterocycles. The molecule has 120 valence electrons. The van der Waals surface area contributed by atoms with Crippen LogP contribution in [0, 0.1) is 0 Å². The number of hydrogen-bond donors (Lipinski definition) is 1. The SMILES string of the molecule is CC1CC(N)CCN1C(=O)/C=C/c1ccc(-n2ccnc2)cc1. The Morgan fingerprint density at radius 2 is 2.13 bits per heavy atom. The average Bonchev–Trinajstić information content (AvgIpc) is 3.07. The molecule has 2 heterocycles. The van der Waals surface area contributed by atoms with Crippen molar-refractivity contribution in [1.82, 2.24) is 14.5 Å². The molecule has 0 radical (unpaired) electrons. The summed E-state index contributed by atoms with van der Waals surface area (Å²) < 4.78 is 1.94. The van der Waals surface area contributed by atoms with Crippen LogP contribution in [0.4, 0.5) is 0 Å². The van der Waals surface area contributed by atoms with Crippen LogP contribution < -0.4 is 5.73 Å². The van der Waals surface area contributed by atoms with E-state index in [9.17, 15) is 4.79 Å². The van der Waals surface area contributed by atoms with E-state index in [1.807, 2.05) is 46.0 Å². The third-order valence-electron chi connectivity index (χ3n) is 4.31. The molecular weight excluding hydrogens is 288 g/mol. The van der Waals surface area contributed by atoms with Gasteiger partial charge in [-0.15, -0.1) is 0 Å². The molecule has 0 aliphatic carbocycles. The highest BCUT2D eigenvalue weighted by atomic mass is 16.2. The van der Waals surface area contributed by atoms with Crippen LogP contribution in [-0.4, -0.2) is 39.0 Å². The molecule has 5 nitrogen and oxygen atoms in total. The Hall–Kier alpha value is -2.40. The number of imidazole rings is 1. The minimum atomic E-state index is 0.0584. The number of carbonyl (C=O) groups is 1. The molecule has 0 saturated carbocycles. The van der Waals surface area contributed by atoms with Gasteiger partial charge in [0.1, 0.15) is 0 Å². The van der Waals surface area contributed by atoms with Gasteiger partial charge in [-0.25, -0.2) is 4.98 Å². The zero-order chi connectivity index (χ0) is 16.2. The van der Waals surface area contributed by atoms with Gasteiger partial charge in [0.15, 0.2) is 0 Å². The lowest BCUT2D eigenvalue weighted by molar-refractivity contribution is -0.129. The predicted octanol–water partition coefficient (Wildman–Crippen LogP) is 2.22. The highest BCUT2D eigenvalue weighted by Crippen LogP contribution is 2.17. The number of nitrogens with two attached hydrogens (primary N) is 1. The van der Waals surface area contributed by atoms with Crippen LogP contribution in [0.3, 0.4) is 0 Å². The molecule has 1 aliphatic rings. The maximum absolute atomic E-state index is 12.3. The summed E-state index contributed by atoms with van der Waals surface area (Å²) in [7, 11) is 0. The quantitative estimate of drug-likeness (QED) is 0.884. The number of carbonyl (C=O) groups excluding carboxylic acids is 1. The van der Waals surface area contributed by atoms with Crippen LogP contribution in [-0.2, 0) is 4.79 Å². The number of rotatable bonds is 3. The Morgan fingerprint density at radius 1 is 1.35 bits per heavy atom. The van der Waals surface area contributed by atoms with E-state index >= 15 is 0 Å². The Bertz CT molecular complexity index is 676. The molecule has 2 unspecified atom stereocenters. The van der Waals surface area contributed by atoms with E-state index in [-0.39, 0.29) is 18.0 Å². The Kier molecular flexibility index (Phi) is 4.57. The molecule has 5 heteroatoms. The molecule has 2 aromatic rings. The second-order valence-electron chi connectivity index (χ2n) is 6.06. The summed E-state index contributed by atoms with van der Waals surface area (Å²) in [6.45, 7) is 2.80. The van der Waals surface area contributed by atoms with Crippen molar-refractivity contribution in [2.75, 3.05) is 6.54 Å². The lowest BCUT2D eigenvalue weighted by Crippen LogP contribution is -2.47. The van der Waals surface area contributed by atoms with Gasteiger partial charge < -0.3 is 15.2 Å². The van der Waals surface area contributed by atoms with Crippen molar-refractivity contribution in [2.24, 2.45) is 5.73 Å². The molecule has 23 heavy (non-hydrogen) atoms. The van der Waals surface area contributed by atoms with Crippen molar-refractivity contribution in [2.45, 2.75) is 31.8 Å². The number of benzene rings is 1. The van der Waals surface area contributed by atoms with Gasteiger partial charge in [0, 0.05) is 42.8 Å². The molecule has 0 spiro atoms. The van der Waals surface area contributed by atoms with Crippen LogP contribution in [0.5, 0.6) is 0 Å². The zero-order valence-corrected chi connectivity index (χ0v) is 13.3. The smallest absolute Gasteiger partial charge is 0.246 e. The van der Waals surface area contributed by atoms with Crippen molar-refractivity contribution in [3.63, 3.8) is 0 Å². The lowest BCUT2D eigenvalue weighted by atomic mass is 9.99. The minimum absolute atomic E-state index is 0.0584. The van der Waals surface area contributed by atoms with Crippen LogP contribution in [0.15, 0.2) is 49.1 Å². The van der Waals surface area contributed by atoms with Crippen molar-refractivity contribution in [1.29, 1.82) is 0 Å². The van der Waals surface area contributed by atoms with E-state index in [4.69, 9.17) is 5.73 Å². The number of aromatic nitrogens is 2. The third-order valence-corrected chi connectivity index (χ3v) is 4.31. The van der Waals surface area contributed by atoms with Crippen LogP contribution in [0.2, 0.25) is 0 Å². The summed E-state index contributed by atoms with van der Waals surface area (Å²) in [5.74, 6) is 0.0584. The molecule has 0 bridgehead atoms. The van der Waals surface area contributed by atoms with Gasteiger partial charge in [-0.1, -0.05) is 12.1 Å². The summed E-state index contributed by atoms with van der Waals surface area (Å²) in [5, 5.41) is 0. The van der Waals surface area contributed by atoms with Gasteiger partial charge in [-0.3, -0.25) is 4.79 Å². The summed E-state index contributed by atoms with van der Waals surface area (Å²) in [6, 6.07) is 8.43. The maximum Gasteiger partial charge on any atom is 0.246 e. The molecule has 1 aromatic carbocycles. The predicted molar refractivity (Wildman–Crippen MR) is 91.0 cm³/mol. The fourth-order valence-corrected chi connectivity index (χ4v) is 2.97. The standard InChI is InChI=1S/C18H22N4O/c1-14-12-16(19)8-10-22(14)18(23)7-4-15-2-5-17(6-3-15)21-11-9-20-13-21/h2-7,9,11,13-14,16H,8,10,12,19H2,1H3/b7-4+.